The predicted octanol–water partition coefficient (Wildman–Crippen LogP) is 3.41. The van der Waals surface area contributed by atoms with Crippen molar-refractivity contribution >= 4 is 0 Å². The summed E-state index contributed by atoms with van der Waals surface area (Å²) in [6.07, 6.45) is 1.77. The lowest BCUT2D eigenvalue weighted by molar-refractivity contribution is 0.415. The van der Waals surface area contributed by atoms with E-state index in [1.54, 1.807) is 12.3 Å². The number of aromatic nitrogens is 2. The van der Waals surface area contributed by atoms with E-state index in [2.05, 4.69) is 31.1 Å². The molecule has 114 valence electrons. The molecule has 0 spiro atoms. The van der Waals surface area contributed by atoms with Gasteiger partial charge in [0.05, 0.1) is 12.2 Å². The first kappa shape index (κ1) is 15.6. The van der Waals surface area contributed by atoms with E-state index in [9.17, 15) is 8.78 Å². The highest BCUT2D eigenvalue weighted by Gasteiger charge is 2.14. The minimum absolute atomic E-state index is 0.0207. The van der Waals surface area contributed by atoms with Crippen molar-refractivity contribution in [1.82, 2.24) is 14.9 Å². The number of benzene rings is 1. The number of rotatable bonds is 4. The average Bonchev–Trinajstić information content (AvgIpc) is 2.73. The molecule has 0 aliphatic heterocycles. The second-order valence-corrected chi connectivity index (χ2v) is 6.20. The van der Waals surface area contributed by atoms with Crippen LogP contribution in [0, 0.1) is 18.6 Å². The Kier molecular flexibility index (Phi) is 4.42. The summed E-state index contributed by atoms with van der Waals surface area (Å²) in [5, 5.41) is 3.38. The van der Waals surface area contributed by atoms with Gasteiger partial charge in [0, 0.05) is 23.8 Å². The van der Waals surface area contributed by atoms with E-state index in [-0.39, 0.29) is 12.1 Å². The molecule has 2 aromatic rings. The zero-order valence-corrected chi connectivity index (χ0v) is 12.9. The minimum atomic E-state index is -0.820. The standard InChI is InChI=1S/C16H21F2N3/c1-11-19-8-13(9-20-16(2,3)4)21(11)10-12-6-5-7-14(17)15(12)18/h5-8,20H,9-10H2,1-4H3. The van der Waals surface area contributed by atoms with Gasteiger partial charge in [0.2, 0.25) is 0 Å². The molecule has 0 saturated heterocycles. The van der Waals surface area contributed by atoms with Crippen LogP contribution in [0.15, 0.2) is 24.4 Å². The molecule has 0 aliphatic rings. The van der Waals surface area contributed by atoms with Gasteiger partial charge in [0.25, 0.3) is 0 Å². The molecule has 0 unspecified atom stereocenters. The van der Waals surface area contributed by atoms with Crippen LogP contribution < -0.4 is 5.32 Å². The van der Waals surface area contributed by atoms with Crippen LogP contribution in [0.3, 0.4) is 0 Å². The van der Waals surface area contributed by atoms with E-state index in [0.717, 1.165) is 17.6 Å². The van der Waals surface area contributed by atoms with E-state index in [4.69, 9.17) is 0 Å². The minimum Gasteiger partial charge on any atom is -0.326 e. The highest BCUT2D eigenvalue weighted by Crippen LogP contribution is 2.16. The Balaban J connectivity index is 2.24. The molecule has 1 aromatic heterocycles. The normalized spacial score (nSPS) is 11.9. The summed E-state index contributed by atoms with van der Waals surface area (Å²) in [6.45, 7) is 8.99. The van der Waals surface area contributed by atoms with Gasteiger partial charge in [-0.2, -0.15) is 0 Å². The van der Waals surface area contributed by atoms with Gasteiger partial charge in [0.1, 0.15) is 5.82 Å². The van der Waals surface area contributed by atoms with Gasteiger partial charge < -0.3 is 9.88 Å². The monoisotopic (exact) mass is 293 g/mol. The van der Waals surface area contributed by atoms with Gasteiger partial charge in [-0.1, -0.05) is 12.1 Å². The fourth-order valence-electron chi connectivity index (χ4n) is 2.07. The Morgan fingerprint density at radius 3 is 2.62 bits per heavy atom. The van der Waals surface area contributed by atoms with Crippen LogP contribution in [-0.2, 0) is 13.1 Å². The molecule has 0 radical (unpaired) electrons. The van der Waals surface area contributed by atoms with Crippen molar-refractivity contribution in [2.24, 2.45) is 0 Å². The van der Waals surface area contributed by atoms with Crippen molar-refractivity contribution in [3.8, 4) is 0 Å². The molecule has 21 heavy (non-hydrogen) atoms. The first-order valence-corrected chi connectivity index (χ1v) is 6.97. The third-order valence-electron chi connectivity index (χ3n) is 3.30. The third kappa shape index (κ3) is 3.88. The SMILES string of the molecule is Cc1ncc(CNC(C)(C)C)n1Cc1cccc(F)c1F. The number of hydrogen-bond acceptors (Lipinski definition) is 2. The van der Waals surface area contributed by atoms with Crippen LogP contribution in [0.2, 0.25) is 0 Å². The number of halogens is 2. The van der Waals surface area contributed by atoms with Gasteiger partial charge in [-0.3, -0.25) is 0 Å². The molecular weight excluding hydrogens is 272 g/mol. The highest BCUT2D eigenvalue weighted by molar-refractivity contribution is 5.21. The maximum absolute atomic E-state index is 13.8. The average molecular weight is 293 g/mol. The number of imidazole rings is 1. The van der Waals surface area contributed by atoms with Crippen LogP contribution >= 0.6 is 0 Å². The van der Waals surface area contributed by atoms with Gasteiger partial charge in [-0.15, -0.1) is 0 Å². The molecule has 1 aromatic carbocycles. The molecule has 0 aliphatic carbocycles. The molecule has 1 heterocycles. The second-order valence-electron chi connectivity index (χ2n) is 6.20. The molecule has 0 saturated carbocycles. The summed E-state index contributed by atoms with van der Waals surface area (Å²) >= 11 is 0. The lowest BCUT2D eigenvalue weighted by atomic mass is 10.1. The van der Waals surface area contributed by atoms with Gasteiger partial charge in [0.15, 0.2) is 11.6 Å². The molecule has 3 nitrogen and oxygen atoms in total. The predicted molar refractivity (Wildman–Crippen MR) is 79.0 cm³/mol. The Labute approximate surface area is 124 Å². The van der Waals surface area contributed by atoms with Crippen molar-refractivity contribution in [3.63, 3.8) is 0 Å². The summed E-state index contributed by atoms with van der Waals surface area (Å²) < 4.78 is 29.0. The van der Waals surface area contributed by atoms with Crippen molar-refractivity contribution < 1.29 is 8.78 Å². The van der Waals surface area contributed by atoms with Crippen LogP contribution in [0.25, 0.3) is 0 Å². The molecule has 0 atom stereocenters. The van der Waals surface area contributed by atoms with E-state index in [1.165, 1.54) is 6.07 Å². The van der Waals surface area contributed by atoms with Crippen molar-refractivity contribution in [1.29, 1.82) is 0 Å². The Bertz CT molecular complexity index is 627. The lowest BCUT2D eigenvalue weighted by Gasteiger charge is -2.21. The van der Waals surface area contributed by atoms with E-state index >= 15 is 0 Å². The Hall–Kier alpha value is -1.75. The topological polar surface area (TPSA) is 29.9 Å². The molecular formula is C16H21F2N3. The maximum atomic E-state index is 13.8. The van der Waals surface area contributed by atoms with Gasteiger partial charge in [-0.25, -0.2) is 13.8 Å². The number of nitrogens with zero attached hydrogens (tertiary/aromatic N) is 2. The quantitative estimate of drug-likeness (QED) is 0.936. The van der Waals surface area contributed by atoms with Crippen LogP contribution in [-0.4, -0.2) is 15.1 Å². The molecule has 0 bridgehead atoms. The molecule has 0 amide bonds. The number of nitrogens with one attached hydrogen (secondary N) is 1. The molecule has 2 rings (SSSR count). The zero-order chi connectivity index (χ0) is 15.6. The van der Waals surface area contributed by atoms with E-state index in [0.29, 0.717) is 12.1 Å². The molecule has 1 N–H and O–H groups in total. The number of aryl methyl sites for hydroxylation is 1. The smallest absolute Gasteiger partial charge is 0.163 e. The largest absolute Gasteiger partial charge is 0.326 e. The molecule has 0 fully saturated rings. The first-order chi connectivity index (χ1) is 9.78. The summed E-state index contributed by atoms with van der Waals surface area (Å²) in [5.41, 5.74) is 1.26. The van der Waals surface area contributed by atoms with E-state index < -0.39 is 11.6 Å². The number of hydrogen-bond donors (Lipinski definition) is 1. The Morgan fingerprint density at radius 1 is 1.24 bits per heavy atom. The molecule has 5 heteroatoms. The van der Waals surface area contributed by atoms with Crippen molar-refractivity contribution in [2.45, 2.75) is 46.3 Å². The summed E-state index contributed by atoms with van der Waals surface area (Å²) in [4.78, 5) is 4.27. The maximum Gasteiger partial charge on any atom is 0.163 e. The van der Waals surface area contributed by atoms with Crippen molar-refractivity contribution in [3.05, 3.63) is 53.1 Å². The zero-order valence-electron chi connectivity index (χ0n) is 12.9. The lowest BCUT2D eigenvalue weighted by Crippen LogP contribution is -2.35. The fourth-order valence-corrected chi connectivity index (χ4v) is 2.07. The van der Waals surface area contributed by atoms with E-state index in [1.807, 2.05) is 11.5 Å². The van der Waals surface area contributed by atoms with Crippen LogP contribution in [0.4, 0.5) is 8.78 Å². The van der Waals surface area contributed by atoms with Gasteiger partial charge >= 0.3 is 0 Å². The summed E-state index contributed by atoms with van der Waals surface area (Å²) in [6, 6.07) is 4.24. The summed E-state index contributed by atoms with van der Waals surface area (Å²) in [5.74, 6) is -0.829. The Morgan fingerprint density at radius 2 is 1.95 bits per heavy atom. The summed E-state index contributed by atoms with van der Waals surface area (Å²) in [7, 11) is 0. The first-order valence-electron chi connectivity index (χ1n) is 6.97. The fraction of sp³-hybridized carbons (Fsp3) is 0.438. The third-order valence-corrected chi connectivity index (χ3v) is 3.30. The second kappa shape index (κ2) is 5.93. The van der Waals surface area contributed by atoms with Crippen LogP contribution in [0.5, 0.6) is 0 Å². The van der Waals surface area contributed by atoms with Crippen LogP contribution in [0.1, 0.15) is 37.9 Å². The highest BCUT2D eigenvalue weighted by atomic mass is 19.2. The van der Waals surface area contributed by atoms with Crippen molar-refractivity contribution in [2.75, 3.05) is 0 Å². The van der Waals surface area contributed by atoms with Gasteiger partial charge in [-0.05, 0) is 33.8 Å².